The molecule has 28 heteroatoms. The van der Waals surface area contributed by atoms with Crippen molar-refractivity contribution in [2.75, 3.05) is 58.0 Å². The van der Waals surface area contributed by atoms with Gasteiger partial charge < -0.3 is 44.6 Å². The highest BCUT2D eigenvalue weighted by atomic mass is 16.5. The number of nitrogens with zero attached hydrogens (tertiary/aromatic N) is 10. The van der Waals surface area contributed by atoms with Crippen LogP contribution in [0.1, 0.15) is 418 Å². The van der Waals surface area contributed by atoms with Crippen molar-refractivity contribution < 1.29 is 23.7 Å². The highest BCUT2D eigenvalue weighted by molar-refractivity contribution is 5.44. The zero-order chi connectivity index (χ0) is 106. The molecule has 140 heavy (non-hydrogen) atoms. The highest BCUT2D eigenvalue weighted by Gasteiger charge is 2.18. The van der Waals surface area contributed by atoms with E-state index in [1.54, 1.807) is 12.5 Å². The van der Waals surface area contributed by atoms with Crippen LogP contribution in [0.2, 0.25) is 0 Å². The molecular weight excluding hydrogens is 1750 g/mol. The van der Waals surface area contributed by atoms with Crippen molar-refractivity contribution in [3.63, 3.8) is 0 Å². The number of aromatic nitrogens is 20. The summed E-state index contributed by atoms with van der Waals surface area (Å²) in [5, 5.41) is 71.3. The molecule has 10 aliphatic rings. The molecule has 28 nitrogen and oxygen atoms in total. The van der Waals surface area contributed by atoms with Crippen LogP contribution >= 0.6 is 0 Å². The van der Waals surface area contributed by atoms with Crippen LogP contribution in [0.4, 0.5) is 5.82 Å². The summed E-state index contributed by atoms with van der Waals surface area (Å²) in [6, 6.07) is 0. The smallest absolute Gasteiger partial charge is 0.234 e. The molecule has 2 aliphatic carbocycles. The summed E-state index contributed by atoms with van der Waals surface area (Å²) in [4.78, 5) is 7.00. The van der Waals surface area contributed by atoms with Crippen molar-refractivity contribution in [1.82, 2.24) is 112 Å². The summed E-state index contributed by atoms with van der Waals surface area (Å²) in [6.45, 7) is 98.3. The van der Waals surface area contributed by atoms with Gasteiger partial charge in [0.1, 0.15) is 5.82 Å². The van der Waals surface area contributed by atoms with E-state index in [1.165, 1.54) is 137 Å². The van der Waals surface area contributed by atoms with Gasteiger partial charge in [0.15, 0.2) is 5.75 Å². The molecular formula is C112H207N23O5. The van der Waals surface area contributed by atoms with Gasteiger partial charge >= 0.3 is 0 Å². The molecule has 0 spiro atoms. The predicted octanol–water partition coefficient (Wildman–Crippen LogP) is 27.1. The third-order valence-corrected chi connectivity index (χ3v) is 16.5. The van der Waals surface area contributed by atoms with Crippen LogP contribution in [0.5, 0.6) is 17.5 Å². The maximum absolute atomic E-state index is 5.27. The van der Waals surface area contributed by atoms with Crippen molar-refractivity contribution in [2.45, 2.75) is 432 Å². The Morgan fingerprint density at radius 2 is 0.557 bits per heavy atom. The van der Waals surface area contributed by atoms with Crippen LogP contribution in [-0.2, 0) is 113 Å². The molecule has 0 bridgehead atoms. The van der Waals surface area contributed by atoms with Gasteiger partial charge in [-0.2, -0.15) is 45.9 Å². The molecule has 0 radical (unpaired) electrons. The predicted molar refractivity (Wildman–Crippen MR) is 586 cm³/mol. The minimum absolute atomic E-state index is 0.500. The summed E-state index contributed by atoms with van der Waals surface area (Å²) in [5.41, 5.74) is 25.5. The molecule has 0 saturated heterocycles. The van der Waals surface area contributed by atoms with E-state index in [4.69, 9.17) is 23.7 Å². The third kappa shape index (κ3) is 81.7. The normalized spacial score (nSPS) is 15.2. The molecule has 0 amide bonds. The number of nitrogens with one attached hydrogen (secondary N) is 13. The Bertz CT molecular complexity index is 3420. The van der Waals surface area contributed by atoms with Gasteiger partial charge in [0.25, 0.3) is 0 Å². The van der Waals surface area contributed by atoms with Gasteiger partial charge in [-0.25, -0.2) is 10.1 Å². The fraction of sp³-hybridized carbons (Fsp3) is 0.732. The number of hydrogen-bond acceptors (Lipinski definition) is 18. The van der Waals surface area contributed by atoms with Crippen molar-refractivity contribution in [2.24, 2.45) is 54.1 Å². The molecule has 0 saturated carbocycles. The molecule has 10 aromatic rings. The number of aryl methyl sites for hydroxylation is 8. The van der Waals surface area contributed by atoms with Gasteiger partial charge in [-0.05, 0) is 199 Å². The van der Waals surface area contributed by atoms with E-state index >= 15 is 0 Å². The van der Waals surface area contributed by atoms with Crippen LogP contribution in [0, 0.1) is 54.1 Å². The zero-order valence-corrected chi connectivity index (χ0v) is 96.4. The van der Waals surface area contributed by atoms with Gasteiger partial charge in [0.2, 0.25) is 11.8 Å². The number of H-pyrrole nitrogens is 10. The Morgan fingerprint density at radius 3 is 1.01 bits per heavy atom. The van der Waals surface area contributed by atoms with Crippen LogP contribution in [0.15, 0.2) is 62.1 Å². The number of hydrogen-bond donors (Lipinski definition) is 13. The van der Waals surface area contributed by atoms with E-state index in [0.29, 0.717) is 60.8 Å². The lowest BCUT2D eigenvalue weighted by molar-refractivity contribution is 0.108. The molecule has 0 aromatic carbocycles. The Labute approximate surface area is 850 Å². The number of imidazole rings is 1. The summed E-state index contributed by atoms with van der Waals surface area (Å²) in [6.07, 6.45) is 41.9. The van der Waals surface area contributed by atoms with Gasteiger partial charge in [-0.3, -0.25) is 40.8 Å². The standard InChI is InChI=1S/2C7H10N2.3C6H9N3.5C6H8N2O.10C5H12/c2*1-2-4-7-6(3-1)5-8-9-7;1-2-7-3-5-4-8-9-6(1)5;1-2-7-4-6-5(1)3-8-9-6;1-2-5-4-8-9-6(5)7-3-1;1-2-9-4-5-3-7-8-6(1)5;1-2-9-4-6-5(1)3-7-8-6;1-2-5-6(9-3-1)8-4-7-5;1-2-5-6(9-3-1)4-7-8-5;1-2-5-4-7-8-6(5)9-3-1;10*1-5(2,3)4/h2*5H,1-4H2,(H,8,9);4,7H,1-3H2,(H,8,9);3,7H,1-2,4H2,(H,8,9);4H,1-3H2,(H2,7,8,9);2*3H,1-2,4H2,(H,7,8);3*4H,1-3H2,(H,7,8);10*1-4H3. The fourth-order valence-corrected chi connectivity index (χ4v) is 11.4. The SMILES string of the molecule is CC(C)(C)C.CC(C)(C)C.CC(C)(C)C.CC(C)(C)C.CC(C)(C)C.CC(C)(C)C.CC(C)(C)C.CC(C)(C)C.CC(C)(C)C.CC(C)(C)C.c1n[nH]c2c1CCCC2.c1n[nH]c2c1CCCC2.c1n[nH]c2c1CCCN2.c1n[nH]c2c1CCCO2.c1n[nH]c2c1CCNC2.c1n[nH]c2c1CCOC2.c1n[nH]c2c1CNCC2.c1n[nH]c2c1COCC2.c1n[nH]c2c1OCCC2.c1nc2c([nH]1)CCCO2. The molecule has 20 rings (SSSR count). The number of aromatic amines is 10. The lowest BCUT2D eigenvalue weighted by Gasteiger charge is -2.11. The number of rotatable bonds is 0. The topological polar surface area (TPSA) is 369 Å². The van der Waals surface area contributed by atoms with E-state index in [9.17, 15) is 0 Å². The second-order valence-electron chi connectivity index (χ2n) is 52.9. The first kappa shape index (κ1) is 129. The third-order valence-electron chi connectivity index (χ3n) is 16.5. The summed E-state index contributed by atoms with van der Waals surface area (Å²) < 4.78 is 26.1. The average Bonchev–Trinajstić information content (AvgIpc) is 1.80. The van der Waals surface area contributed by atoms with Crippen molar-refractivity contribution in [1.29, 1.82) is 0 Å². The van der Waals surface area contributed by atoms with Crippen molar-refractivity contribution in [3.8, 4) is 17.5 Å². The van der Waals surface area contributed by atoms with Crippen LogP contribution < -0.4 is 30.2 Å². The first-order valence-electron chi connectivity index (χ1n) is 52.0. The highest BCUT2D eigenvalue weighted by Crippen LogP contribution is 2.26. The Balaban J connectivity index is 0.000000742. The molecule has 8 aliphatic heterocycles. The quantitative estimate of drug-likeness (QED) is 0.0671. The fourth-order valence-electron chi connectivity index (χ4n) is 11.4. The summed E-state index contributed by atoms with van der Waals surface area (Å²) in [5.74, 6) is 3.70. The monoisotopic (exact) mass is 1950 g/mol. The lowest BCUT2D eigenvalue weighted by atomic mass is 9.99. The minimum Gasteiger partial charge on any atom is -0.490 e. The maximum Gasteiger partial charge on any atom is 0.234 e. The molecule has 0 unspecified atom stereocenters. The summed E-state index contributed by atoms with van der Waals surface area (Å²) in [7, 11) is 0. The minimum atomic E-state index is 0.500. The molecule has 13 N–H and O–H groups in total. The average molecular weight is 1960 g/mol. The van der Waals surface area contributed by atoms with E-state index in [2.05, 4.69) is 395 Å². The zero-order valence-electron chi connectivity index (χ0n) is 96.4. The second kappa shape index (κ2) is 66.1. The summed E-state index contributed by atoms with van der Waals surface area (Å²) >= 11 is 0. The Kier molecular flexibility index (Phi) is 61.0. The van der Waals surface area contributed by atoms with Crippen LogP contribution in [0.3, 0.4) is 0 Å². The Hall–Kier alpha value is -8.86. The van der Waals surface area contributed by atoms with Gasteiger partial charge in [-0.15, -0.1) is 0 Å². The van der Waals surface area contributed by atoms with Crippen LogP contribution in [-0.4, -0.2) is 154 Å². The first-order valence-corrected chi connectivity index (χ1v) is 52.0. The van der Waals surface area contributed by atoms with E-state index in [0.717, 1.165) is 177 Å². The van der Waals surface area contributed by atoms with Crippen molar-refractivity contribution in [3.05, 3.63) is 152 Å². The Morgan fingerprint density at radius 1 is 0.229 bits per heavy atom. The molecule has 0 atom stereocenters. The van der Waals surface area contributed by atoms with Gasteiger partial charge in [0.05, 0.1) is 131 Å². The number of ether oxygens (including phenoxy) is 5. The number of fused-ring (bicyclic) bond motifs is 10. The first-order chi connectivity index (χ1) is 64.7. The van der Waals surface area contributed by atoms with E-state index in [1.807, 2.05) is 49.6 Å². The van der Waals surface area contributed by atoms with Crippen molar-refractivity contribution >= 4 is 5.82 Å². The molecule has 18 heterocycles. The maximum atomic E-state index is 5.27. The molecule has 800 valence electrons. The van der Waals surface area contributed by atoms with E-state index in [-0.39, 0.29) is 0 Å². The molecule has 0 fully saturated rings. The number of anilines is 1. The van der Waals surface area contributed by atoms with Crippen LogP contribution in [0.25, 0.3) is 0 Å². The largest absolute Gasteiger partial charge is 0.490 e. The van der Waals surface area contributed by atoms with Gasteiger partial charge in [-0.1, -0.05) is 277 Å². The molecule has 10 aromatic heterocycles. The second-order valence-corrected chi connectivity index (χ2v) is 52.9. The van der Waals surface area contributed by atoms with Gasteiger partial charge in [0, 0.05) is 84.1 Å². The van der Waals surface area contributed by atoms with E-state index < -0.39 is 0 Å². The lowest BCUT2D eigenvalue weighted by Crippen LogP contribution is -2.22.